The normalized spacial score (nSPS) is 14.9. The highest BCUT2D eigenvalue weighted by Crippen LogP contribution is 2.30. The third-order valence-electron chi connectivity index (χ3n) is 9.29. The number of aliphatic hydroxyl groups is 1. The number of nitrogens with one attached hydrogen (secondary N) is 4. The topological polar surface area (TPSA) is 156 Å². The van der Waals surface area contributed by atoms with Crippen LogP contribution in [-0.4, -0.2) is 64.4 Å². The lowest BCUT2D eigenvalue weighted by molar-refractivity contribution is -0.116. The SMILES string of the molecule is CC(NCC(O)c1ccc(O)c2[nH]c(=O)ccc12)c1ccc(NC(=O)CCN2CCC(OC(=O)Nc3ccccc3-c3ccccc3)CC2)cc1. The second-order valence-electron chi connectivity index (χ2n) is 12.8. The number of para-hydroxylation sites is 1. The lowest BCUT2D eigenvalue weighted by atomic mass is 10.0. The van der Waals surface area contributed by atoms with Gasteiger partial charge in [0.1, 0.15) is 11.9 Å². The molecule has 11 heteroatoms. The van der Waals surface area contributed by atoms with Crippen LogP contribution in [-0.2, 0) is 9.53 Å². The van der Waals surface area contributed by atoms with Crippen LogP contribution in [0.2, 0.25) is 0 Å². The van der Waals surface area contributed by atoms with E-state index < -0.39 is 12.2 Å². The Morgan fingerprint density at radius 2 is 1.63 bits per heavy atom. The largest absolute Gasteiger partial charge is 0.506 e. The van der Waals surface area contributed by atoms with Crippen LogP contribution in [0.4, 0.5) is 16.2 Å². The molecule has 0 spiro atoms. The van der Waals surface area contributed by atoms with E-state index in [4.69, 9.17) is 4.74 Å². The number of amides is 2. The Hall–Kier alpha value is -5.49. The molecule has 6 N–H and O–H groups in total. The van der Waals surface area contributed by atoms with Crippen LogP contribution in [0.15, 0.2) is 108 Å². The molecular weight excluding hydrogens is 646 g/mol. The molecule has 2 heterocycles. The number of nitrogens with zero attached hydrogens (tertiary/aromatic N) is 1. The first kappa shape index (κ1) is 35.3. The minimum absolute atomic E-state index is 0.0532. The van der Waals surface area contributed by atoms with Gasteiger partial charge in [0.2, 0.25) is 11.5 Å². The smallest absolute Gasteiger partial charge is 0.411 e. The summed E-state index contributed by atoms with van der Waals surface area (Å²) in [5.41, 5.74) is 4.90. The molecule has 0 aliphatic carbocycles. The first-order valence-corrected chi connectivity index (χ1v) is 17.2. The Balaban J connectivity index is 0.903. The predicted molar refractivity (Wildman–Crippen MR) is 199 cm³/mol. The third kappa shape index (κ3) is 9.20. The summed E-state index contributed by atoms with van der Waals surface area (Å²) in [6.45, 7) is 4.32. The molecule has 4 aromatic carbocycles. The van der Waals surface area contributed by atoms with Gasteiger partial charge < -0.3 is 35.5 Å². The van der Waals surface area contributed by atoms with E-state index in [1.54, 1.807) is 12.1 Å². The molecule has 2 atom stereocenters. The maximum absolute atomic E-state index is 12.7. The van der Waals surface area contributed by atoms with Crippen LogP contribution in [0.25, 0.3) is 22.0 Å². The number of benzene rings is 4. The summed E-state index contributed by atoms with van der Waals surface area (Å²) in [6, 6.07) is 31.1. The molecule has 2 unspecified atom stereocenters. The highest BCUT2D eigenvalue weighted by molar-refractivity contribution is 5.92. The number of fused-ring (bicyclic) bond motifs is 1. The zero-order chi connectivity index (χ0) is 35.7. The Morgan fingerprint density at radius 1 is 0.902 bits per heavy atom. The molecule has 1 aliphatic heterocycles. The minimum Gasteiger partial charge on any atom is -0.506 e. The number of carbonyl (C=O) groups is 2. The fraction of sp³-hybridized carbons (Fsp3) is 0.275. The average Bonchev–Trinajstić information content (AvgIpc) is 3.14. The minimum atomic E-state index is -0.869. The van der Waals surface area contributed by atoms with Crippen molar-refractivity contribution in [1.29, 1.82) is 0 Å². The summed E-state index contributed by atoms with van der Waals surface area (Å²) in [5.74, 6) is -0.128. The van der Waals surface area contributed by atoms with E-state index in [1.807, 2.05) is 85.8 Å². The average molecular weight is 690 g/mol. The number of phenolic OH excluding ortho intramolecular Hbond substituents is 1. The number of pyridine rings is 1. The van der Waals surface area contributed by atoms with Crippen molar-refractivity contribution in [2.24, 2.45) is 0 Å². The number of anilines is 2. The number of aromatic hydroxyl groups is 1. The van der Waals surface area contributed by atoms with E-state index in [0.29, 0.717) is 53.6 Å². The number of phenols is 1. The summed E-state index contributed by atoms with van der Waals surface area (Å²) in [5, 5.41) is 30.8. The van der Waals surface area contributed by atoms with Crippen molar-refractivity contribution in [2.75, 3.05) is 36.8 Å². The molecule has 1 saturated heterocycles. The molecule has 6 rings (SSSR count). The van der Waals surface area contributed by atoms with Gasteiger partial charge in [-0.3, -0.25) is 14.9 Å². The van der Waals surface area contributed by atoms with Crippen LogP contribution in [0, 0.1) is 0 Å². The van der Waals surface area contributed by atoms with Gasteiger partial charge in [0.25, 0.3) is 0 Å². The van der Waals surface area contributed by atoms with Crippen LogP contribution >= 0.6 is 0 Å². The molecule has 5 aromatic rings. The molecule has 264 valence electrons. The van der Waals surface area contributed by atoms with Crippen molar-refractivity contribution in [3.8, 4) is 16.9 Å². The predicted octanol–water partition coefficient (Wildman–Crippen LogP) is 6.33. The third-order valence-corrected chi connectivity index (χ3v) is 9.29. The summed E-state index contributed by atoms with van der Waals surface area (Å²) in [4.78, 5) is 42.0. The van der Waals surface area contributed by atoms with E-state index in [2.05, 4.69) is 25.8 Å². The van der Waals surface area contributed by atoms with Crippen LogP contribution in [0.1, 0.15) is 49.5 Å². The Labute approximate surface area is 296 Å². The first-order chi connectivity index (χ1) is 24.7. The van der Waals surface area contributed by atoms with Crippen molar-refractivity contribution < 1.29 is 24.5 Å². The number of hydrogen-bond donors (Lipinski definition) is 6. The maximum Gasteiger partial charge on any atom is 0.411 e. The number of ether oxygens (including phenoxy) is 1. The molecule has 0 saturated carbocycles. The van der Waals surface area contributed by atoms with Gasteiger partial charge in [-0.15, -0.1) is 0 Å². The highest BCUT2D eigenvalue weighted by atomic mass is 16.6. The molecule has 1 fully saturated rings. The zero-order valence-corrected chi connectivity index (χ0v) is 28.5. The van der Waals surface area contributed by atoms with Gasteiger partial charge in [-0.2, -0.15) is 0 Å². The van der Waals surface area contributed by atoms with E-state index in [-0.39, 0.29) is 35.9 Å². The van der Waals surface area contributed by atoms with Crippen LogP contribution in [0.3, 0.4) is 0 Å². The number of aromatic nitrogens is 1. The molecule has 1 aromatic heterocycles. The molecule has 11 nitrogen and oxygen atoms in total. The Bertz CT molecular complexity index is 2010. The zero-order valence-electron chi connectivity index (χ0n) is 28.5. The fourth-order valence-corrected chi connectivity index (χ4v) is 6.41. The quantitative estimate of drug-likeness (QED) is 0.0889. The Kier molecular flexibility index (Phi) is 11.4. The van der Waals surface area contributed by atoms with Gasteiger partial charge in [-0.05, 0) is 66.8 Å². The van der Waals surface area contributed by atoms with Gasteiger partial charge in [0, 0.05) is 61.3 Å². The first-order valence-electron chi connectivity index (χ1n) is 17.2. The number of aromatic amines is 1. The van der Waals surface area contributed by atoms with E-state index >= 15 is 0 Å². The fourth-order valence-electron chi connectivity index (χ4n) is 6.41. The second kappa shape index (κ2) is 16.5. The molecule has 2 amide bonds. The summed E-state index contributed by atoms with van der Waals surface area (Å²) in [7, 11) is 0. The van der Waals surface area contributed by atoms with Gasteiger partial charge >= 0.3 is 6.09 Å². The van der Waals surface area contributed by atoms with Crippen molar-refractivity contribution in [3.05, 3.63) is 125 Å². The van der Waals surface area contributed by atoms with Gasteiger partial charge in [-0.25, -0.2) is 4.79 Å². The molecule has 0 radical (unpaired) electrons. The van der Waals surface area contributed by atoms with Crippen molar-refractivity contribution in [2.45, 2.75) is 44.4 Å². The monoisotopic (exact) mass is 689 g/mol. The number of H-pyrrole nitrogens is 1. The van der Waals surface area contributed by atoms with E-state index in [0.717, 1.165) is 29.8 Å². The van der Waals surface area contributed by atoms with Crippen LogP contribution in [0.5, 0.6) is 5.75 Å². The number of likely N-dealkylation sites (tertiary alicyclic amines) is 1. The summed E-state index contributed by atoms with van der Waals surface area (Å²) in [6.07, 6.45) is 0.231. The van der Waals surface area contributed by atoms with Crippen molar-refractivity contribution in [1.82, 2.24) is 15.2 Å². The maximum atomic E-state index is 12.7. The highest BCUT2D eigenvalue weighted by Gasteiger charge is 2.23. The van der Waals surface area contributed by atoms with Gasteiger partial charge in [0.15, 0.2) is 0 Å². The second-order valence-corrected chi connectivity index (χ2v) is 12.8. The van der Waals surface area contributed by atoms with Crippen molar-refractivity contribution in [3.63, 3.8) is 0 Å². The number of aliphatic hydroxyl groups excluding tert-OH is 1. The summed E-state index contributed by atoms with van der Waals surface area (Å²) >= 11 is 0. The lowest BCUT2D eigenvalue weighted by Gasteiger charge is -2.31. The van der Waals surface area contributed by atoms with E-state index in [1.165, 1.54) is 12.1 Å². The molecule has 1 aliphatic rings. The molecule has 51 heavy (non-hydrogen) atoms. The number of carbonyl (C=O) groups excluding carboxylic acids is 2. The van der Waals surface area contributed by atoms with Crippen LogP contribution < -0.4 is 21.5 Å². The van der Waals surface area contributed by atoms with E-state index in [9.17, 15) is 24.6 Å². The lowest BCUT2D eigenvalue weighted by Crippen LogP contribution is -2.39. The molecular formula is C40H43N5O6. The Morgan fingerprint density at radius 3 is 2.39 bits per heavy atom. The molecule has 0 bridgehead atoms. The number of rotatable bonds is 12. The number of piperidine rings is 1. The van der Waals surface area contributed by atoms with Gasteiger partial charge in [-0.1, -0.05) is 66.7 Å². The number of hydrogen-bond acceptors (Lipinski definition) is 8. The standard InChI is InChI=1S/C40H43N5O6/c1-26(41-25-36(47)32-15-17-35(46)39-33(32)16-18-37(48)44-39)27-11-13-29(14-12-27)42-38(49)21-24-45-22-19-30(20-23-45)51-40(50)43-34-10-6-5-9-31(34)28-7-3-2-4-8-28/h2-18,26,30,36,41,46-47H,19-25H2,1H3,(H,42,49)(H,43,50)(H,44,48). The van der Waals surface area contributed by atoms with Crippen molar-refractivity contribution >= 4 is 34.3 Å². The van der Waals surface area contributed by atoms with Gasteiger partial charge in [0.05, 0.1) is 17.3 Å². The summed E-state index contributed by atoms with van der Waals surface area (Å²) < 4.78 is 5.74.